The predicted octanol–water partition coefficient (Wildman–Crippen LogP) is 2.46. The number of piperidine rings is 1. The van der Waals surface area contributed by atoms with E-state index in [0.717, 1.165) is 31.5 Å². The van der Waals surface area contributed by atoms with Crippen molar-refractivity contribution in [1.29, 1.82) is 0 Å². The van der Waals surface area contributed by atoms with Crippen molar-refractivity contribution in [3.63, 3.8) is 0 Å². The van der Waals surface area contributed by atoms with Crippen molar-refractivity contribution in [2.45, 2.75) is 19.8 Å². The van der Waals surface area contributed by atoms with Crippen molar-refractivity contribution in [2.75, 3.05) is 19.6 Å². The van der Waals surface area contributed by atoms with Crippen LogP contribution in [-0.4, -0.2) is 35.6 Å². The number of carbonyl (C=O) groups excluding carboxylic acids is 1. The van der Waals surface area contributed by atoms with E-state index in [1.54, 1.807) is 6.92 Å². The molecule has 1 aliphatic heterocycles. The average Bonchev–Trinajstić information content (AvgIpc) is 2.96. The van der Waals surface area contributed by atoms with Crippen LogP contribution in [0.15, 0.2) is 34.9 Å². The second-order valence-electron chi connectivity index (χ2n) is 5.80. The molecule has 1 fully saturated rings. The molecule has 0 aliphatic carbocycles. The molecule has 0 unspecified atom stereocenters. The van der Waals surface area contributed by atoms with Crippen molar-refractivity contribution in [1.82, 2.24) is 10.1 Å². The summed E-state index contributed by atoms with van der Waals surface area (Å²) in [4.78, 5) is 14.8. The van der Waals surface area contributed by atoms with Gasteiger partial charge >= 0.3 is 0 Å². The molecular formula is C17H21N3O2. The first-order valence-corrected chi connectivity index (χ1v) is 7.71. The third kappa shape index (κ3) is 2.76. The number of carbonyl (C=O) groups is 1. The summed E-state index contributed by atoms with van der Waals surface area (Å²) in [6.45, 7) is 3.99. The predicted molar refractivity (Wildman–Crippen MR) is 84.4 cm³/mol. The van der Waals surface area contributed by atoms with E-state index in [2.05, 4.69) is 5.16 Å². The largest absolute Gasteiger partial charge is 0.360 e. The van der Waals surface area contributed by atoms with E-state index in [9.17, 15) is 4.79 Å². The highest BCUT2D eigenvalue weighted by molar-refractivity contribution is 6.00. The van der Waals surface area contributed by atoms with E-state index >= 15 is 0 Å². The molecule has 5 nitrogen and oxygen atoms in total. The first kappa shape index (κ1) is 14.8. The number of hydrogen-bond donors (Lipinski definition) is 1. The molecule has 0 radical (unpaired) electrons. The van der Waals surface area contributed by atoms with E-state index in [1.165, 1.54) is 0 Å². The average molecular weight is 299 g/mol. The highest BCUT2D eigenvalue weighted by Gasteiger charge is 2.28. The van der Waals surface area contributed by atoms with Crippen LogP contribution in [0.5, 0.6) is 0 Å². The molecule has 0 saturated carbocycles. The number of rotatable bonds is 3. The van der Waals surface area contributed by atoms with Gasteiger partial charge in [0, 0.05) is 18.7 Å². The SMILES string of the molecule is Cc1onc(-c2ccccc2)c1C(=O)N1CCC(CN)CC1. The van der Waals surface area contributed by atoms with Crippen LogP contribution in [-0.2, 0) is 0 Å². The molecule has 1 aliphatic rings. The summed E-state index contributed by atoms with van der Waals surface area (Å²) in [7, 11) is 0. The Morgan fingerprint density at radius 1 is 1.32 bits per heavy atom. The Labute approximate surface area is 130 Å². The molecule has 3 rings (SSSR count). The minimum atomic E-state index is 0.00748. The molecule has 0 spiro atoms. The molecule has 1 aromatic heterocycles. The van der Waals surface area contributed by atoms with Crippen molar-refractivity contribution in [3.8, 4) is 11.3 Å². The minimum absolute atomic E-state index is 0.00748. The van der Waals surface area contributed by atoms with Gasteiger partial charge in [-0.05, 0) is 32.2 Å². The summed E-state index contributed by atoms with van der Waals surface area (Å²) < 4.78 is 5.29. The van der Waals surface area contributed by atoms with E-state index < -0.39 is 0 Å². The van der Waals surface area contributed by atoms with Crippen molar-refractivity contribution in [3.05, 3.63) is 41.7 Å². The maximum Gasteiger partial charge on any atom is 0.259 e. The second-order valence-corrected chi connectivity index (χ2v) is 5.80. The Bertz CT molecular complexity index is 643. The molecule has 0 bridgehead atoms. The van der Waals surface area contributed by atoms with Crippen LogP contribution in [0.3, 0.4) is 0 Å². The van der Waals surface area contributed by atoms with Gasteiger partial charge in [0.2, 0.25) is 0 Å². The minimum Gasteiger partial charge on any atom is -0.360 e. The lowest BCUT2D eigenvalue weighted by Gasteiger charge is -2.31. The molecule has 1 saturated heterocycles. The van der Waals surface area contributed by atoms with Gasteiger partial charge in [0.05, 0.1) is 0 Å². The maximum absolute atomic E-state index is 12.9. The topological polar surface area (TPSA) is 72.4 Å². The zero-order valence-electron chi connectivity index (χ0n) is 12.8. The third-order valence-electron chi connectivity index (χ3n) is 4.36. The Morgan fingerprint density at radius 3 is 2.64 bits per heavy atom. The fraction of sp³-hybridized carbons (Fsp3) is 0.412. The van der Waals surface area contributed by atoms with Gasteiger partial charge in [-0.2, -0.15) is 0 Å². The van der Waals surface area contributed by atoms with Crippen molar-refractivity contribution >= 4 is 5.91 Å². The van der Waals surface area contributed by atoms with Crippen LogP contribution in [0.4, 0.5) is 0 Å². The number of aromatic nitrogens is 1. The second kappa shape index (κ2) is 6.32. The van der Waals surface area contributed by atoms with Gasteiger partial charge in [-0.15, -0.1) is 0 Å². The van der Waals surface area contributed by atoms with Gasteiger partial charge in [0.1, 0.15) is 17.0 Å². The summed E-state index contributed by atoms with van der Waals surface area (Å²) in [6.07, 6.45) is 1.93. The van der Waals surface area contributed by atoms with Gasteiger partial charge in [-0.3, -0.25) is 4.79 Å². The lowest BCUT2D eigenvalue weighted by Crippen LogP contribution is -2.40. The number of amides is 1. The van der Waals surface area contributed by atoms with Crippen LogP contribution < -0.4 is 5.73 Å². The third-order valence-corrected chi connectivity index (χ3v) is 4.36. The quantitative estimate of drug-likeness (QED) is 0.945. The van der Waals surface area contributed by atoms with Gasteiger partial charge in [-0.1, -0.05) is 35.5 Å². The van der Waals surface area contributed by atoms with Crippen molar-refractivity contribution < 1.29 is 9.32 Å². The lowest BCUT2D eigenvalue weighted by molar-refractivity contribution is 0.0692. The van der Waals surface area contributed by atoms with E-state index in [-0.39, 0.29) is 5.91 Å². The molecule has 22 heavy (non-hydrogen) atoms. The van der Waals surface area contributed by atoms with Crippen LogP contribution >= 0.6 is 0 Å². The number of nitrogens with zero attached hydrogens (tertiary/aromatic N) is 2. The van der Waals surface area contributed by atoms with Crippen molar-refractivity contribution in [2.24, 2.45) is 11.7 Å². The molecule has 2 heterocycles. The number of likely N-dealkylation sites (tertiary alicyclic amines) is 1. The first-order chi connectivity index (χ1) is 10.7. The summed E-state index contributed by atoms with van der Waals surface area (Å²) >= 11 is 0. The Balaban J connectivity index is 1.86. The van der Waals surface area contributed by atoms with Gasteiger partial charge in [-0.25, -0.2) is 0 Å². The van der Waals surface area contributed by atoms with Crippen LogP contribution in [0.25, 0.3) is 11.3 Å². The molecule has 2 aromatic rings. The molecule has 1 amide bonds. The highest BCUT2D eigenvalue weighted by atomic mass is 16.5. The number of hydrogen-bond acceptors (Lipinski definition) is 4. The summed E-state index contributed by atoms with van der Waals surface area (Å²) in [5.74, 6) is 1.11. The zero-order valence-corrected chi connectivity index (χ0v) is 12.8. The Morgan fingerprint density at radius 2 is 2.00 bits per heavy atom. The van der Waals surface area contributed by atoms with Gasteiger partial charge in [0.25, 0.3) is 5.91 Å². The normalized spacial score (nSPS) is 16.0. The van der Waals surface area contributed by atoms with Gasteiger partial charge in [0.15, 0.2) is 0 Å². The summed E-state index contributed by atoms with van der Waals surface area (Å²) in [5, 5.41) is 4.09. The standard InChI is InChI=1S/C17H21N3O2/c1-12-15(16(19-22-12)14-5-3-2-4-6-14)17(21)20-9-7-13(11-18)8-10-20/h2-6,13H,7-11,18H2,1H3. The molecule has 0 atom stereocenters. The molecular weight excluding hydrogens is 278 g/mol. The number of aryl methyl sites for hydroxylation is 1. The van der Waals surface area contributed by atoms with E-state index in [0.29, 0.717) is 29.5 Å². The molecule has 2 N–H and O–H groups in total. The molecule has 116 valence electrons. The smallest absolute Gasteiger partial charge is 0.259 e. The van der Waals surface area contributed by atoms with Crippen LogP contribution in [0.1, 0.15) is 29.0 Å². The summed E-state index contributed by atoms with van der Waals surface area (Å²) in [6, 6.07) is 9.68. The fourth-order valence-corrected chi connectivity index (χ4v) is 2.95. The lowest BCUT2D eigenvalue weighted by atomic mass is 9.96. The summed E-state index contributed by atoms with van der Waals surface area (Å²) in [5.41, 5.74) is 7.83. The number of nitrogens with two attached hydrogens (primary N) is 1. The monoisotopic (exact) mass is 299 g/mol. The fourth-order valence-electron chi connectivity index (χ4n) is 2.95. The van der Waals surface area contributed by atoms with Gasteiger partial charge < -0.3 is 15.2 Å². The Kier molecular flexibility index (Phi) is 4.24. The maximum atomic E-state index is 12.9. The Hall–Kier alpha value is -2.14. The highest BCUT2D eigenvalue weighted by Crippen LogP contribution is 2.27. The van der Waals surface area contributed by atoms with E-state index in [1.807, 2.05) is 35.2 Å². The van der Waals surface area contributed by atoms with E-state index in [4.69, 9.17) is 10.3 Å². The number of benzene rings is 1. The van der Waals surface area contributed by atoms with Crippen LogP contribution in [0.2, 0.25) is 0 Å². The zero-order chi connectivity index (χ0) is 15.5. The molecule has 1 aromatic carbocycles. The molecule has 5 heteroatoms. The van der Waals surface area contributed by atoms with Crippen LogP contribution in [0, 0.1) is 12.8 Å². The first-order valence-electron chi connectivity index (χ1n) is 7.71.